The molecule has 5 nitrogen and oxygen atoms in total. The fourth-order valence-electron chi connectivity index (χ4n) is 3.17. The summed E-state index contributed by atoms with van der Waals surface area (Å²) in [4.78, 5) is 14.6. The van der Waals surface area contributed by atoms with E-state index in [-0.39, 0.29) is 12.5 Å². The smallest absolute Gasteiger partial charge is 0.266 e. The number of para-hydroxylation sites is 1. The molecule has 1 aliphatic rings. The summed E-state index contributed by atoms with van der Waals surface area (Å²) in [6, 6.07) is 11.3. The molecule has 1 amide bonds. The number of amides is 1. The number of thioether (sulfide) groups is 1. The lowest BCUT2D eigenvalue weighted by Crippen LogP contribution is -2.27. The molecule has 172 valence electrons. The number of carbonyl (C=O) groups excluding carboxylic acids is 1. The molecular weight excluding hydrogens is 478 g/mol. The van der Waals surface area contributed by atoms with E-state index in [1.165, 1.54) is 23.8 Å². The minimum atomic E-state index is -0.158. The number of ether oxygens (including phenoxy) is 3. The first-order valence-electron chi connectivity index (χ1n) is 10.2. The van der Waals surface area contributed by atoms with Gasteiger partial charge in [-0.1, -0.05) is 65.9 Å². The van der Waals surface area contributed by atoms with Crippen molar-refractivity contribution in [3.05, 3.63) is 82.8 Å². The number of thiocarbonyl (C=S) groups is 1. The van der Waals surface area contributed by atoms with Crippen molar-refractivity contribution in [2.24, 2.45) is 0 Å². The van der Waals surface area contributed by atoms with Gasteiger partial charge in [0.1, 0.15) is 23.3 Å². The van der Waals surface area contributed by atoms with Crippen LogP contribution in [0.5, 0.6) is 17.2 Å². The van der Waals surface area contributed by atoms with E-state index in [0.717, 1.165) is 17.7 Å². The van der Waals surface area contributed by atoms with Gasteiger partial charge in [0.15, 0.2) is 11.5 Å². The van der Waals surface area contributed by atoms with Gasteiger partial charge >= 0.3 is 0 Å². The summed E-state index contributed by atoms with van der Waals surface area (Å²) < 4.78 is 17.7. The molecule has 1 aliphatic heterocycles. The van der Waals surface area contributed by atoms with Gasteiger partial charge in [-0.15, -0.1) is 13.2 Å². The molecule has 0 radical (unpaired) electrons. The summed E-state index contributed by atoms with van der Waals surface area (Å²) in [7, 11) is 1.54. The Morgan fingerprint density at radius 1 is 1.12 bits per heavy atom. The van der Waals surface area contributed by atoms with Gasteiger partial charge in [0.2, 0.25) is 0 Å². The molecule has 1 fully saturated rings. The zero-order valence-electron chi connectivity index (χ0n) is 18.2. The summed E-state index contributed by atoms with van der Waals surface area (Å²) in [6.07, 6.45) is 5.94. The summed E-state index contributed by atoms with van der Waals surface area (Å²) in [6.45, 7) is 8.42. The number of carbonyl (C=O) groups is 1. The van der Waals surface area contributed by atoms with Crippen molar-refractivity contribution in [3.63, 3.8) is 0 Å². The largest absolute Gasteiger partial charge is 0.493 e. The maximum Gasteiger partial charge on any atom is 0.266 e. The fourth-order valence-corrected chi connectivity index (χ4v) is 4.71. The highest BCUT2D eigenvalue weighted by atomic mass is 35.5. The Morgan fingerprint density at radius 2 is 1.88 bits per heavy atom. The minimum absolute atomic E-state index is 0.158. The lowest BCUT2D eigenvalue weighted by molar-refractivity contribution is -0.121. The molecule has 0 aromatic heterocycles. The molecule has 2 aromatic carbocycles. The molecule has 0 aliphatic carbocycles. The molecule has 0 bridgehead atoms. The normalized spacial score (nSPS) is 14.5. The number of nitrogens with zero attached hydrogens (tertiary/aromatic N) is 1. The highest BCUT2D eigenvalue weighted by Crippen LogP contribution is 2.39. The van der Waals surface area contributed by atoms with E-state index in [9.17, 15) is 4.79 Å². The average molecular weight is 502 g/mol. The van der Waals surface area contributed by atoms with Crippen molar-refractivity contribution >= 4 is 51.9 Å². The Hall–Kier alpha value is -2.74. The van der Waals surface area contributed by atoms with E-state index in [4.69, 9.17) is 38.0 Å². The van der Waals surface area contributed by atoms with E-state index in [1.807, 2.05) is 30.3 Å². The molecule has 0 saturated carbocycles. The molecule has 1 heterocycles. The third kappa shape index (κ3) is 6.19. The third-order valence-electron chi connectivity index (χ3n) is 4.66. The van der Waals surface area contributed by atoms with Crippen LogP contribution >= 0.6 is 35.6 Å². The molecule has 0 atom stereocenters. The predicted octanol–water partition coefficient (Wildman–Crippen LogP) is 5.92. The predicted molar refractivity (Wildman–Crippen MR) is 139 cm³/mol. The maximum atomic E-state index is 12.6. The Bertz CT molecular complexity index is 1100. The lowest BCUT2D eigenvalue weighted by Gasteiger charge is -2.15. The molecule has 8 heteroatoms. The van der Waals surface area contributed by atoms with Crippen LogP contribution in [-0.4, -0.2) is 42.0 Å². The molecule has 0 spiro atoms. The maximum absolute atomic E-state index is 12.6. The van der Waals surface area contributed by atoms with Crippen molar-refractivity contribution in [1.29, 1.82) is 0 Å². The number of benzene rings is 2. The average Bonchev–Trinajstić information content (AvgIpc) is 3.06. The van der Waals surface area contributed by atoms with E-state index in [2.05, 4.69) is 13.2 Å². The molecule has 1 saturated heterocycles. The van der Waals surface area contributed by atoms with E-state index in [1.54, 1.807) is 24.3 Å². The quantitative estimate of drug-likeness (QED) is 0.165. The number of rotatable bonds is 11. The van der Waals surface area contributed by atoms with Crippen LogP contribution in [0.1, 0.15) is 11.1 Å². The minimum Gasteiger partial charge on any atom is -0.493 e. The van der Waals surface area contributed by atoms with Crippen molar-refractivity contribution in [1.82, 2.24) is 4.90 Å². The van der Waals surface area contributed by atoms with Crippen molar-refractivity contribution in [3.8, 4) is 17.2 Å². The van der Waals surface area contributed by atoms with Gasteiger partial charge in [-0.2, -0.15) is 0 Å². The van der Waals surface area contributed by atoms with Crippen LogP contribution in [0.25, 0.3) is 6.08 Å². The van der Waals surface area contributed by atoms with Crippen LogP contribution in [-0.2, 0) is 11.2 Å². The van der Waals surface area contributed by atoms with E-state index < -0.39 is 0 Å². The Balaban J connectivity index is 1.69. The molecular formula is C25H24ClNO4S2. The van der Waals surface area contributed by atoms with Gasteiger partial charge in [0.25, 0.3) is 5.91 Å². The Labute approximate surface area is 208 Å². The van der Waals surface area contributed by atoms with Crippen molar-refractivity contribution in [2.75, 3.05) is 26.9 Å². The highest BCUT2D eigenvalue weighted by molar-refractivity contribution is 8.26. The second kappa shape index (κ2) is 11.9. The monoisotopic (exact) mass is 501 g/mol. The highest BCUT2D eigenvalue weighted by Gasteiger charge is 2.31. The SMILES string of the molecule is C=CCc1ccccc1OCCOc1c(Cl)cc(C=C2SC(=S)N(CC=C)C2=O)cc1OC. The summed E-state index contributed by atoms with van der Waals surface area (Å²) in [5.74, 6) is 1.51. The van der Waals surface area contributed by atoms with Gasteiger partial charge in [-0.25, -0.2) is 0 Å². The fraction of sp³-hybridized carbons (Fsp3) is 0.200. The van der Waals surface area contributed by atoms with Crippen LogP contribution < -0.4 is 14.2 Å². The van der Waals surface area contributed by atoms with Gasteiger partial charge in [0, 0.05) is 6.54 Å². The van der Waals surface area contributed by atoms with Gasteiger partial charge < -0.3 is 14.2 Å². The number of allylic oxidation sites excluding steroid dienone is 1. The number of methoxy groups -OCH3 is 1. The van der Waals surface area contributed by atoms with Crippen LogP contribution in [0.4, 0.5) is 0 Å². The summed E-state index contributed by atoms with van der Waals surface area (Å²) in [5.41, 5.74) is 1.77. The second-order valence-electron chi connectivity index (χ2n) is 6.91. The first-order valence-corrected chi connectivity index (χ1v) is 11.8. The molecule has 0 unspecified atom stereocenters. The topological polar surface area (TPSA) is 48.0 Å². The molecule has 3 rings (SSSR count). The Kier molecular flexibility index (Phi) is 9.00. The molecule has 0 N–H and O–H groups in total. The molecule has 33 heavy (non-hydrogen) atoms. The molecule has 2 aromatic rings. The van der Waals surface area contributed by atoms with Crippen LogP contribution in [0.2, 0.25) is 5.02 Å². The second-order valence-corrected chi connectivity index (χ2v) is 9.00. The van der Waals surface area contributed by atoms with Gasteiger partial charge in [-0.05, 0) is 41.8 Å². The number of halogens is 1. The van der Waals surface area contributed by atoms with Crippen molar-refractivity contribution in [2.45, 2.75) is 6.42 Å². The van der Waals surface area contributed by atoms with Gasteiger partial charge in [-0.3, -0.25) is 9.69 Å². The van der Waals surface area contributed by atoms with E-state index >= 15 is 0 Å². The van der Waals surface area contributed by atoms with Crippen molar-refractivity contribution < 1.29 is 19.0 Å². The number of hydrogen-bond donors (Lipinski definition) is 0. The van der Waals surface area contributed by atoms with Crippen LogP contribution in [0.3, 0.4) is 0 Å². The first-order chi connectivity index (χ1) is 16.0. The van der Waals surface area contributed by atoms with Crippen LogP contribution in [0, 0.1) is 0 Å². The third-order valence-corrected chi connectivity index (χ3v) is 6.32. The van der Waals surface area contributed by atoms with E-state index in [0.29, 0.717) is 44.5 Å². The zero-order chi connectivity index (χ0) is 23.8. The standard InChI is InChI=1S/C25H24ClNO4S2/c1-4-8-18-9-6-7-10-20(18)30-12-13-31-23-19(26)14-17(15-21(23)29-3)16-22-24(28)27(11-5-2)25(32)33-22/h4-7,9-10,14-16H,1-2,8,11-13H2,3H3. The van der Waals surface area contributed by atoms with Crippen LogP contribution in [0.15, 0.2) is 66.6 Å². The number of hydrogen-bond acceptors (Lipinski definition) is 6. The summed E-state index contributed by atoms with van der Waals surface area (Å²) >= 11 is 13.0. The zero-order valence-corrected chi connectivity index (χ0v) is 20.6. The summed E-state index contributed by atoms with van der Waals surface area (Å²) in [5, 5.41) is 0.370. The Morgan fingerprint density at radius 3 is 2.61 bits per heavy atom. The first kappa shape index (κ1) is 24.9. The lowest BCUT2D eigenvalue weighted by atomic mass is 10.1. The van der Waals surface area contributed by atoms with Gasteiger partial charge in [0.05, 0.1) is 17.0 Å².